The first-order valence-electron chi connectivity index (χ1n) is 7.52. The molecule has 2 aromatic carbocycles. The van der Waals surface area contributed by atoms with Crippen molar-refractivity contribution in [1.29, 1.82) is 0 Å². The third kappa shape index (κ3) is 3.96. The van der Waals surface area contributed by atoms with Crippen LogP contribution in [0, 0.1) is 6.92 Å². The van der Waals surface area contributed by atoms with Gasteiger partial charge in [0.15, 0.2) is 11.5 Å². The van der Waals surface area contributed by atoms with E-state index in [0.717, 1.165) is 28.2 Å². The van der Waals surface area contributed by atoms with E-state index in [0.29, 0.717) is 31.2 Å². The summed E-state index contributed by atoms with van der Waals surface area (Å²) in [6, 6.07) is 11.2. The Labute approximate surface area is 140 Å². The Morgan fingerprint density at radius 2 is 1.91 bits per heavy atom. The number of rotatable bonds is 4. The zero-order valence-corrected chi connectivity index (χ0v) is 13.7. The molecule has 0 saturated carbocycles. The standard InChI is InChI=1S/C18H18ClNO3/c1-12-7-16-17(23-6-5-22-16)10-14(12)11-20-18(21)9-13-3-2-4-15(19)8-13/h2-4,7-8,10H,5-6,9,11H2,1H3,(H,20,21). The van der Waals surface area contributed by atoms with Crippen molar-refractivity contribution in [2.75, 3.05) is 13.2 Å². The minimum absolute atomic E-state index is 0.0402. The smallest absolute Gasteiger partial charge is 0.224 e. The van der Waals surface area contributed by atoms with E-state index in [4.69, 9.17) is 21.1 Å². The van der Waals surface area contributed by atoms with E-state index < -0.39 is 0 Å². The highest BCUT2D eigenvalue weighted by atomic mass is 35.5. The molecule has 0 unspecified atom stereocenters. The third-order valence-electron chi connectivity index (χ3n) is 3.73. The van der Waals surface area contributed by atoms with Crippen molar-refractivity contribution in [2.24, 2.45) is 0 Å². The van der Waals surface area contributed by atoms with Crippen LogP contribution in [0.25, 0.3) is 0 Å². The van der Waals surface area contributed by atoms with Crippen LogP contribution in [0.1, 0.15) is 16.7 Å². The second-order valence-corrected chi connectivity index (χ2v) is 5.94. The van der Waals surface area contributed by atoms with Gasteiger partial charge in [-0.15, -0.1) is 0 Å². The number of hydrogen-bond donors (Lipinski definition) is 1. The van der Waals surface area contributed by atoms with Gasteiger partial charge in [0.25, 0.3) is 0 Å². The second kappa shape index (κ2) is 6.92. The number of fused-ring (bicyclic) bond motifs is 1. The van der Waals surface area contributed by atoms with Gasteiger partial charge >= 0.3 is 0 Å². The number of halogens is 1. The summed E-state index contributed by atoms with van der Waals surface area (Å²) in [5, 5.41) is 3.57. The summed E-state index contributed by atoms with van der Waals surface area (Å²) >= 11 is 5.93. The maximum atomic E-state index is 12.1. The summed E-state index contributed by atoms with van der Waals surface area (Å²) in [7, 11) is 0. The van der Waals surface area contributed by atoms with Gasteiger partial charge in [0.05, 0.1) is 6.42 Å². The summed E-state index contributed by atoms with van der Waals surface area (Å²) < 4.78 is 11.1. The van der Waals surface area contributed by atoms with E-state index >= 15 is 0 Å². The first-order chi connectivity index (χ1) is 11.1. The lowest BCUT2D eigenvalue weighted by atomic mass is 10.1. The van der Waals surface area contributed by atoms with Gasteiger partial charge in [-0.3, -0.25) is 4.79 Å². The lowest BCUT2D eigenvalue weighted by Gasteiger charge is -2.20. The number of hydrogen-bond acceptors (Lipinski definition) is 3. The molecule has 0 atom stereocenters. The van der Waals surface area contributed by atoms with Gasteiger partial charge < -0.3 is 14.8 Å². The molecule has 0 spiro atoms. The van der Waals surface area contributed by atoms with Gasteiger partial charge in [-0.05, 0) is 47.9 Å². The molecular weight excluding hydrogens is 314 g/mol. The molecule has 1 aliphatic rings. The number of benzene rings is 2. The Balaban J connectivity index is 1.62. The van der Waals surface area contributed by atoms with Gasteiger partial charge in [-0.1, -0.05) is 23.7 Å². The first-order valence-corrected chi connectivity index (χ1v) is 7.90. The number of carbonyl (C=O) groups is 1. The van der Waals surface area contributed by atoms with Crippen LogP contribution in [0.3, 0.4) is 0 Å². The Morgan fingerprint density at radius 1 is 1.17 bits per heavy atom. The number of ether oxygens (including phenoxy) is 2. The van der Waals surface area contributed by atoms with E-state index in [1.807, 2.05) is 31.2 Å². The van der Waals surface area contributed by atoms with Crippen molar-refractivity contribution in [2.45, 2.75) is 19.9 Å². The van der Waals surface area contributed by atoms with E-state index in [9.17, 15) is 4.79 Å². The van der Waals surface area contributed by atoms with Gasteiger partial charge in [0.2, 0.25) is 5.91 Å². The summed E-state index contributed by atoms with van der Waals surface area (Å²) in [6.45, 7) is 3.58. The molecule has 0 aromatic heterocycles. The Morgan fingerprint density at radius 3 is 2.65 bits per heavy atom. The van der Waals surface area contributed by atoms with Gasteiger partial charge in [0, 0.05) is 11.6 Å². The topological polar surface area (TPSA) is 47.6 Å². The quantitative estimate of drug-likeness (QED) is 0.935. The fourth-order valence-electron chi connectivity index (χ4n) is 2.51. The molecule has 0 aliphatic carbocycles. The van der Waals surface area contributed by atoms with E-state index in [-0.39, 0.29) is 5.91 Å². The highest BCUT2D eigenvalue weighted by Crippen LogP contribution is 2.32. The SMILES string of the molecule is Cc1cc2c(cc1CNC(=O)Cc1cccc(Cl)c1)OCCO2. The molecule has 1 amide bonds. The number of amides is 1. The lowest BCUT2D eigenvalue weighted by Crippen LogP contribution is -2.25. The molecule has 5 heteroatoms. The number of carbonyl (C=O) groups excluding carboxylic acids is 1. The van der Waals surface area contributed by atoms with Crippen molar-refractivity contribution in [3.05, 3.63) is 58.1 Å². The molecule has 120 valence electrons. The Bertz CT molecular complexity index is 730. The van der Waals surface area contributed by atoms with E-state index in [1.165, 1.54) is 0 Å². The van der Waals surface area contributed by atoms with Gasteiger partial charge in [0.1, 0.15) is 13.2 Å². The Kier molecular flexibility index (Phi) is 4.72. The number of nitrogens with one attached hydrogen (secondary N) is 1. The summed E-state index contributed by atoms with van der Waals surface area (Å²) in [4.78, 5) is 12.1. The fraction of sp³-hybridized carbons (Fsp3) is 0.278. The molecule has 1 N–H and O–H groups in total. The highest BCUT2D eigenvalue weighted by Gasteiger charge is 2.14. The largest absolute Gasteiger partial charge is 0.486 e. The Hall–Kier alpha value is -2.20. The zero-order chi connectivity index (χ0) is 16.2. The molecule has 23 heavy (non-hydrogen) atoms. The highest BCUT2D eigenvalue weighted by molar-refractivity contribution is 6.30. The minimum Gasteiger partial charge on any atom is -0.486 e. The lowest BCUT2D eigenvalue weighted by molar-refractivity contribution is -0.120. The van der Waals surface area contributed by atoms with Crippen molar-refractivity contribution < 1.29 is 14.3 Å². The normalized spacial score (nSPS) is 12.8. The molecule has 2 aromatic rings. The molecular formula is C18H18ClNO3. The zero-order valence-electron chi connectivity index (χ0n) is 12.9. The van der Waals surface area contributed by atoms with Crippen LogP contribution in [0.2, 0.25) is 5.02 Å². The summed E-state index contributed by atoms with van der Waals surface area (Å²) in [5.74, 6) is 1.46. The van der Waals surface area contributed by atoms with E-state index in [2.05, 4.69) is 5.32 Å². The summed E-state index contributed by atoms with van der Waals surface area (Å²) in [5.41, 5.74) is 2.99. The van der Waals surface area contributed by atoms with Gasteiger partial charge in [-0.2, -0.15) is 0 Å². The molecule has 3 rings (SSSR count). The van der Waals surface area contributed by atoms with Crippen molar-refractivity contribution in [1.82, 2.24) is 5.32 Å². The fourth-order valence-corrected chi connectivity index (χ4v) is 2.72. The van der Waals surface area contributed by atoms with Crippen LogP contribution in [0.15, 0.2) is 36.4 Å². The minimum atomic E-state index is -0.0402. The average molecular weight is 332 g/mol. The molecule has 0 bridgehead atoms. The first kappa shape index (κ1) is 15.7. The average Bonchev–Trinajstić information content (AvgIpc) is 2.53. The molecule has 1 heterocycles. The van der Waals surface area contributed by atoms with E-state index in [1.54, 1.807) is 12.1 Å². The molecule has 0 saturated heterocycles. The number of aryl methyl sites for hydroxylation is 1. The predicted octanol–water partition coefficient (Wildman–Crippen LogP) is 3.28. The van der Waals surface area contributed by atoms with Crippen LogP contribution in [-0.4, -0.2) is 19.1 Å². The van der Waals surface area contributed by atoms with Crippen LogP contribution in [0.5, 0.6) is 11.5 Å². The predicted molar refractivity (Wildman–Crippen MR) is 89.2 cm³/mol. The second-order valence-electron chi connectivity index (χ2n) is 5.51. The van der Waals surface area contributed by atoms with Crippen LogP contribution in [-0.2, 0) is 17.8 Å². The van der Waals surface area contributed by atoms with Crippen LogP contribution < -0.4 is 14.8 Å². The van der Waals surface area contributed by atoms with Crippen molar-refractivity contribution in [3.63, 3.8) is 0 Å². The maximum Gasteiger partial charge on any atom is 0.224 e. The third-order valence-corrected chi connectivity index (χ3v) is 3.97. The van der Waals surface area contributed by atoms with Crippen molar-refractivity contribution >= 4 is 17.5 Å². The summed E-state index contributed by atoms with van der Waals surface area (Å²) in [6.07, 6.45) is 0.310. The van der Waals surface area contributed by atoms with Crippen LogP contribution in [0.4, 0.5) is 0 Å². The molecule has 0 fully saturated rings. The van der Waals surface area contributed by atoms with Crippen LogP contribution >= 0.6 is 11.6 Å². The maximum absolute atomic E-state index is 12.1. The molecule has 0 radical (unpaired) electrons. The monoisotopic (exact) mass is 331 g/mol. The molecule has 1 aliphatic heterocycles. The van der Waals surface area contributed by atoms with Gasteiger partial charge in [-0.25, -0.2) is 0 Å². The van der Waals surface area contributed by atoms with Crippen molar-refractivity contribution in [3.8, 4) is 11.5 Å². The molecule has 4 nitrogen and oxygen atoms in total.